The third-order valence-electron chi connectivity index (χ3n) is 3.69. The van der Waals surface area contributed by atoms with Crippen molar-refractivity contribution in [2.75, 3.05) is 5.73 Å². The Morgan fingerprint density at radius 1 is 0.923 bits per heavy atom. The Morgan fingerprint density at radius 3 is 2.31 bits per heavy atom. The third kappa shape index (κ3) is 3.56. The molecule has 0 saturated heterocycles. The molecule has 0 aliphatic rings. The smallest absolute Gasteiger partial charge is 0.219 e. The molecule has 0 amide bonds. The number of aromatic nitrogens is 4. The first kappa shape index (κ1) is 16.6. The van der Waals surface area contributed by atoms with Crippen LogP contribution in [0.25, 0.3) is 16.9 Å². The number of para-hydroxylation sites is 1. The number of halogens is 1. The van der Waals surface area contributed by atoms with Gasteiger partial charge in [-0.2, -0.15) is 5.10 Å². The summed E-state index contributed by atoms with van der Waals surface area (Å²) in [5.74, 6) is 0.239. The van der Waals surface area contributed by atoms with E-state index in [0.29, 0.717) is 5.02 Å². The first-order chi connectivity index (χ1) is 12.7. The fourth-order valence-electron chi connectivity index (χ4n) is 2.44. The Bertz CT molecular complexity index is 1010. The lowest BCUT2D eigenvalue weighted by molar-refractivity contribution is 0.882. The van der Waals surface area contributed by atoms with E-state index in [1.165, 1.54) is 0 Å². The van der Waals surface area contributed by atoms with Gasteiger partial charge < -0.3 is 5.73 Å². The van der Waals surface area contributed by atoms with E-state index >= 15 is 0 Å². The van der Waals surface area contributed by atoms with Crippen LogP contribution in [-0.2, 0) is 0 Å². The van der Waals surface area contributed by atoms with Crippen LogP contribution in [0.15, 0.2) is 83.0 Å². The summed E-state index contributed by atoms with van der Waals surface area (Å²) in [7, 11) is 0. The number of nitrogens with zero attached hydrogens (tertiary/aromatic N) is 4. The predicted molar refractivity (Wildman–Crippen MR) is 105 cm³/mol. The van der Waals surface area contributed by atoms with Gasteiger partial charge in [0.1, 0.15) is 5.69 Å². The van der Waals surface area contributed by atoms with Crippen molar-refractivity contribution in [2.24, 2.45) is 0 Å². The molecule has 0 aliphatic heterocycles. The number of anilines is 1. The molecule has 0 spiro atoms. The molecule has 0 bridgehead atoms. The molecular formula is C19H14ClN5S. The van der Waals surface area contributed by atoms with E-state index < -0.39 is 0 Å². The molecule has 4 aromatic rings. The maximum atomic E-state index is 5.99. The molecule has 128 valence electrons. The zero-order valence-electron chi connectivity index (χ0n) is 13.6. The summed E-state index contributed by atoms with van der Waals surface area (Å²) >= 11 is 7.60. The summed E-state index contributed by atoms with van der Waals surface area (Å²) in [5, 5.41) is 5.45. The Labute approximate surface area is 159 Å². The molecule has 5 nitrogen and oxygen atoms in total. The van der Waals surface area contributed by atoms with Crippen LogP contribution in [0.3, 0.4) is 0 Å². The van der Waals surface area contributed by atoms with Crippen molar-refractivity contribution >= 4 is 29.3 Å². The van der Waals surface area contributed by atoms with E-state index in [9.17, 15) is 0 Å². The van der Waals surface area contributed by atoms with Gasteiger partial charge in [-0.05, 0) is 36.4 Å². The highest BCUT2D eigenvalue weighted by atomic mass is 35.5. The standard InChI is InChI=1S/C19H14ClN5S/c20-14-6-8-16(9-7-14)26-17-12-25(15-4-2-1-3-5-15)24-18(17)13-10-22-19(21)23-11-13/h1-12H,(H2,21,22,23). The van der Waals surface area contributed by atoms with Gasteiger partial charge in [-0.25, -0.2) is 14.6 Å². The summed E-state index contributed by atoms with van der Waals surface area (Å²) in [4.78, 5) is 10.2. The Kier molecular flexibility index (Phi) is 4.60. The highest BCUT2D eigenvalue weighted by Crippen LogP contribution is 2.36. The SMILES string of the molecule is Nc1ncc(-c2nn(-c3ccccc3)cc2Sc2ccc(Cl)cc2)cn1. The van der Waals surface area contributed by atoms with Crippen molar-refractivity contribution in [1.82, 2.24) is 19.7 Å². The van der Waals surface area contributed by atoms with Crippen molar-refractivity contribution in [3.8, 4) is 16.9 Å². The van der Waals surface area contributed by atoms with E-state index in [2.05, 4.69) is 9.97 Å². The van der Waals surface area contributed by atoms with Crippen molar-refractivity contribution in [3.05, 3.63) is 78.2 Å². The molecule has 0 aliphatic carbocycles. The van der Waals surface area contributed by atoms with Gasteiger partial charge in [0.05, 0.1) is 10.6 Å². The summed E-state index contributed by atoms with van der Waals surface area (Å²) < 4.78 is 1.85. The number of benzene rings is 2. The van der Waals surface area contributed by atoms with E-state index in [-0.39, 0.29) is 5.95 Å². The predicted octanol–water partition coefficient (Wildman–Crippen LogP) is 4.72. The molecule has 26 heavy (non-hydrogen) atoms. The number of hydrogen-bond acceptors (Lipinski definition) is 5. The molecule has 2 N–H and O–H groups in total. The Hall–Kier alpha value is -2.83. The van der Waals surface area contributed by atoms with Gasteiger partial charge >= 0.3 is 0 Å². The fourth-order valence-corrected chi connectivity index (χ4v) is 3.50. The average molecular weight is 380 g/mol. The maximum Gasteiger partial charge on any atom is 0.219 e. The van der Waals surface area contributed by atoms with Gasteiger partial charge in [-0.15, -0.1) is 0 Å². The molecule has 0 radical (unpaired) electrons. The second-order valence-corrected chi connectivity index (χ2v) is 7.06. The number of nitrogen functional groups attached to an aromatic ring is 1. The van der Waals surface area contributed by atoms with Crippen molar-refractivity contribution < 1.29 is 0 Å². The fraction of sp³-hybridized carbons (Fsp3) is 0. The van der Waals surface area contributed by atoms with Gasteiger partial charge in [0.15, 0.2) is 0 Å². The minimum Gasteiger partial charge on any atom is -0.368 e. The van der Waals surface area contributed by atoms with Gasteiger partial charge in [0.2, 0.25) is 5.95 Å². The molecule has 4 rings (SSSR count). The normalized spacial score (nSPS) is 10.8. The minimum atomic E-state index is 0.239. The van der Waals surface area contributed by atoms with Crippen molar-refractivity contribution in [2.45, 2.75) is 9.79 Å². The summed E-state index contributed by atoms with van der Waals surface area (Å²) in [6.07, 6.45) is 5.37. The molecule has 7 heteroatoms. The average Bonchev–Trinajstić information content (AvgIpc) is 3.09. The monoisotopic (exact) mass is 379 g/mol. The van der Waals surface area contributed by atoms with Crippen LogP contribution in [0.4, 0.5) is 5.95 Å². The van der Waals surface area contributed by atoms with Crippen molar-refractivity contribution in [1.29, 1.82) is 0 Å². The second kappa shape index (κ2) is 7.19. The van der Waals surface area contributed by atoms with Gasteiger partial charge in [-0.3, -0.25) is 0 Å². The molecule has 0 atom stereocenters. The molecule has 2 heterocycles. The lowest BCUT2D eigenvalue weighted by Gasteiger charge is -2.02. The summed E-state index contributed by atoms with van der Waals surface area (Å²) in [6, 6.07) is 17.7. The molecule has 2 aromatic carbocycles. The van der Waals surface area contributed by atoms with Crippen LogP contribution in [0.5, 0.6) is 0 Å². The molecule has 0 fully saturated rings. The highest BCUT2D eigenvalue weighted by Gasteiger charge is 2.14. The van der Waals surface area contributed by atoms with Crippen LogP contribution in [0, 0.1) is 0 Å². The number of nitrogens with two attached hydrogens (primary N) is 1. The molecule has 0 saturated carbocycles. The largest absolute Gasteiger partial charge is 0.368 e. The Balaban J connectivity index is 1.78. The van der Waals surface area contributed by atoms with E-state index in [0.717, 1.165) is 26.7 Å². The Morgan fingerprint density at radius 2 is 1.62 bits per heavy atom. The van der Waals surface area contributed by atoms with Crippen molar-refractivity contribution in [3.63, 3.8) is 0 Å². The highest BCUT2D eigenvalue weighted by molar-refractivity contribution is 7.99. The summed E-state index contributed by atoms with van der Waals surface area (Å²) in [5.41, 5.74) is 8.20. The molecule has 2 aromatic heterocycles. The summed E-state index contributed by atoms with van der Waals surface area (Å²) in [6.45, 7) is 0. The number of rotatable bonds is 4. The lowest BCUT2D eigenvalue weighted by atomic mass is 10.2. The zero-order chi connectivity index (χ0) is 17.9. The second-order valence-electron chi connectivity index (χ2n) is 5.51. The van der Waals surface area contributed by atoms with Gasteiger partial charge in [0.25, 0.3) is 0 Å². The quantitative estimate of drug-likeness (QED) is 0.555. The first-order valence-corrected chi connectivity index (χ1v) is 9.05. The minimum absolute atomic E-state index is 0.239. The maximum absolute atomic E-state index is 5.99. The molecule has 0 unspecified atom stereocenters. The third-order valence-corrected chi connectivity index (χ3v) is 4.97. The van der Waals surface area contributed by atoms with Crippen LogP contribution in [-0.4, -0.2) is 19.7 Å². The van der Waals surface area contributed by atoms with Crippen LogP contribution in [0.1, 0.15) is 0 Å². The van der Waals surface area contributed by atoms with Crippen LogP contribution < -0.4 is 5.73 Å². The van der Waals surface area contributed by atoms with E-state index in [4.69, 9.17) is 22.4 Å². The van der Waals surface area contributed by atoms with Gasteiger partial charge in [-0.1, -0.05) is 41.6 Å². The van der Waals surface area contributed by atoms with E-state index in [1.807, 2.05) is 65.5 Å². The van der Waals surface area contributed by atoms with E-state index in [1.54, 1.807) is 24.2 Å². The van der Waals surface area contributed by atoms with Crippen LogP contribution >= 0.6 is 23.4 Å². The molecular weight excluding hydrogens is 366 g/mol. The van der Waals surface area contributed by atoms with Crippen LogP contribution in [0.2, 0.25) is 5.02 Å². The number of hydrogen-bond donors (Lipinski definition) is 1. The first-order valence-electron chi connectivity index (χ1n) is 7.85. The van der Waals surface area contributed by atoms with Gasteiger partial charge in [0, 0.05) is 34.1 Å². The zero-order valence-corrected chi connectivity index (χ0v) is 15.2. The topological polar surface area (TPSA) is 69.6 Å². The lowest BCUT2D eigenvalue weighted by Crippen LogP contribution is -1.96.